The molecule has 0 aliphatic carbocycles. The maximum atomic E-state index is 13.7. The number of carbonyl (C=O) groups excluding carboxylic acids is 2. The summed E-state index contributed by atoms with van der Waals surface area (Å²) in [7, 11) is -2.68. The van der Waals surface area contributed by atoms with Crippen LogP contribution in [0.15, 0.2) is 89.8 Å². The van der Waals surface area contributed by atoms with E-state index in [0.717, 1.165) is 22.0 Å². The summed E-state index contributed by atoms with van der Waals surface area (Å²) < 4.78 is 41.6. The van der Waals surface area contributed by atoms with Gasteiger partial charge in [-0.15, -0.1) is 0 Å². The summed E-state index contributed by atoms with van der Waals surface area (Å²) in [6.45, 7) is 1.33. The lowest BCUT2D eigenvalue weighted by molar-refractivity contribution is -0.140. The second-order valence-corrected chi connectivity index (χ2v) is 9.71. The van der Waals surface area contributed by atoms with E-state index in [4.69, 9.17) is 0 Å². The van der Waals surface area contributed by atoms with Crippen molar-refractivity contribution in [2.45, 2.75) is 30.8 Å². The number of amides is 2. The molecule has 1 atom stereocenters. The Morgan fingerprint density at radius 3 is 2.03 bits per heavy atom. The number of likely N-dealkylation sites (N-methyl/N-ethyl adjacent to an activating group) is 1. The number of halogens is 1. The third kappa shape index (κ3) is 6.24. The fourth-order valence-corrected chi connectivity index (χ4v) is 5.16. The number of nitrogens with one attached hydrogen (secondary N) is 1. The van der Waals surface area contributed by atoms with Crippen molar-refractivity contribution in [3.63, 3.8) is 0 Å². The number of hydrogen-bond donors (Lipinski definition) is 1. The highest BCUT2D eigenvalue weighted by molar-refractivity contribution is 7.92. The first-order valence-electron chi connectivity index (χ1n) is 11.2. The van der Waals surface area contributed by atoms with Crippen LogP contribution in [0.3, 0.4) is 0 Å². The van der Waals surface area contributed by atoms with Gasteiger partial charge in [0.1, 0.15) is 18.4 Å². The summed E-state index contributed by atoms with van der Waals surface area (Å²) in [5.41, 5.74) is 0.929. The zero-order valence-electron chi connectivity index (χ0n) is 19.6. The monoisotopic (exact) mass is 497 g/mol. The molecule has 3 rings (SSSR count). The minimum atomic E-state index is -4.16. The van der Waals surface area contributed by atoms with E-state index in [2.05, 4.69) is 5.32 Å². The van der Waals surface area contributed by atoms with Crippen LogP contribution in [0.1, 0.15) is 18.9 Å². The van der Waals surface area contributed by atoms with Gasteiger partial charge in [-0.25, -0.2) is 12.8 Å². The normalized spacial score (nSPS) is 12.0. The number of sulfonamides is 1. The van der Waals surface area contributed by atoms with E-state index in [1.54, 1.807) is 25.1 Å². The van der Waals surface area contributed by atoms with Crippen LogP contribution >= 0.6 is 0 Å². The van der Waals surface area contributed by atoms with Gasteiger partial charge in [0.25, 0.3) is 10.0 Å². The fourth-order valence-electron chi connectivity index (χ4n) is 3.72. The van der Waals surface area contributed by atoms with Gasteiger partial charge in [0, 0.05) is 13.6 Å². The van der Waals surface area contributed by atoms with Crippen LogP contribution < -0.4 is 9.62 Å². The molecule has 184 valence electrons. The molecule has 0 radical (unpaired) electrons. The molecule has 0 bridgehead atoms. The van der Waals surface area contributed by atoms with E-state index < -0.39 is 34.3 Å². The van der Waals surface area contributed by atoms with E-state index in [1.807, 2.05) is 30.3 Å². The minimum Gasteiger partial charge on any atom is -0.357 e. The van der Waals surface area contributed by atoms with Crippen LogP contribution in [0.25, 0.3) is 0 Å². The SMILES string of the molecule is CCC(C(=O)NC)N(Cc1ccccc1)C(=O)CN(c1ccc(F)cc1)S(=O)(=O)c1ccccc1. The summed E-state index contributed by atoms with van der Waals surface area (Å²) >= 11 is 0. The minimum absolute atomic E-state index is 0.00919. The molecule has 7 nitrogen and oxygen atoms in total. The van der Waals surface area contributed by atoms with Gasteiger partial charge in [0.15, 0.2) is 0 Å². The highest BCUT2D eigenvalue weighted by Crippen LogP contribution is 2.25. The van der Waals surface area contributed by atoms with Crippen LogP contribution in [0.4, 0.5) is 10.1 Å². The van der Waals surface area contributed by atoms with E-state index >= 15 is 0 Å². The molecule has 0 saturated carbocycles. The van der Waals surface area contributed by atoms with Gasteiger partial charge < -0.3 is 10.2 Å². The lowest BCUT2D eigenvalue weighted by Gasteiger charge is -2.33. The fraction of sp³-hybridized carbons (Fsp3) is 0.231. The maximum Gasteiger partial charge on any atom is 0.264 e. The molecule has 0 heterocycles. The standard InChI is InChI=1S/C26H28FN3O4S/c1-3-24(26(32)28-2)29(18-20-10-6-4-7-11-20)25(31)19-30(22-16-14-21(27)15-17-22)35(33,34)23-12-8-5-9-13-23/h4-17,24H,3,18-19H2,1-2H3,(H,28,32). The van der Waals surface area contributed by atoms with Crippen molar-refractivity contribution < 1.29 is 22.4 Å². The highest BCUT2D eigenvalue weighted by Gasteiger charge is 2.33. The number of rotatable bonds is 10. The van der Waals surface area contributed by atoms with Crippen molar-refractivity contribution in [3.8, 4) is 0 Å². The van der Waals surface area contributed by atoms with Crippen molar-refractivity contribution in [3.05, 3.63) is 96.3 Å². The Balaban J connectivity index is 2.03. The molecular formula is C26H28FN3O4S. The summed E-state index contributed by atoms with van der Waals surface area (Å²) in [6.07, 6.45) is 0.334. The molecule has 0 spiro atoms. The van der Waals surface area contributed by atoms with Gasteiger partial charge in [-0.05, 0) is 48.4 Å². The summed E-state index contributed by atoms with van der Waals surface area (Å²) in [4.78, 5) is 27.6. The van der Waals surface area contributed by atoms with Crippen molar-refractivity contribution in [1.82, 2.24) is 10.2 Å². The molecule has 1 N–H and O–H groups in total. The van der Waals surface area contributed by atoms with Crippen molar-refractivity contribution in [2.24, 2.45) is 0 Å². The predicted octanol–water partition coefficient (Wildman–Crippen LogP) is 3.57. The van der Waals surface area contributed by atoms with Crippen LogP contribution in [-0.2, 0) is 26.2 Å². The Kier molecular flexibility index (Phi) is 8.59. The molecule has 35 heavy (non-hydrogen) atoms. The molecule has 2 amide bonds. The van der Waals surface area contributed by atoms with Crippen LogP contribution in [-0.4, -0.2) is 44.8 Å². The average Bonchev–Trinajstić information content (AvgIpc) is 2.88. The Labute approximate surface area is 205 Å². The second-order valence-electron chi connectivity index (χ2n) is 7.85. The largest absolute Gasteiger partial charge is 0.357 e. The topological polar surface area (TPSA) is 86.8 Å². The zero-order valence-corrected chi connectivity index (χ0v) is 20.4. The molecular weight excluding hydrogens is 469 g/mol. The lowest BCUT2D eigenvalue weighted by atomic mass is 10.1. The highest BCUT2D eigenvalue weighted by atomic mass is 32.2. The number of anilines is 1. The molecule has 0 aliphatic rings. The van der Waals surface area contributed by atoms with Crippen LogP contribution in [0.2, 0.25) is 0 Å². The van der Waals surface area contributed by atoms with Crippen molar-refractivity contribution in [2.75, 3.05) is 17.9 Å². The Bertz CT molecular complexity index is 1240. The van der Waals surface area contributed by atoms with E-state index in [0.29, 0.717) is 6.42 Å². The Morgan fingerprint density at radius 2 is 1.49 bits per heavy atom. The quantitative estimate of drug-likeness (QED) is 0.464. The molecule has 1 unspecified atom stereocenters. The third-order valence-corrected chi connectivity index (χ3v) is 7.34. The van der Waals surface area contributed by atoms with Gasteiger partial charge in [-0.2, -0.15) is 0 Å². The number of nitrogens with zero attached hydrogens (tertiary/aromatic N) is 2. The van der Waals surface area contributed by atoms with Crippen LogP contribution in [0.5, 0.6) is 0 Å². The molecule has 0 saturated heterocycles. The second kappa shape index (κ2) is 11.6. The molecule has 3 aromatic rings. The zero-order chi connectivity index (χ0) is 25.4. The Morgan fingerprint density at radius 1 is 0.914 bits per heavy atom. The average molecular weight is 498 g/mol. The van der Waals surface area contributed by atoms with Gasteiger partial charge in [0.2, 0.25) is 11.8 Å². The van der Waals surface area contributed by atoms with E-state index in [1.165, 1.54) is 36.2 Å². The first-order chi connectivity index (χ1) is 16.8. The molecule has 3 aromatic carbocycles. The van der Waals surface area contributed by atoms with Gasteiger partial charge >= 0.3 is 0 Å². The number of benzene rings is 3. The first kappa shape index (κ1) is 25.9. The summed E-state index contributed by atoms with van der Waals surface area (Å²) in [5, 5.41) is 2.58. The van der Waals surface area contributed by atoms with Gasteiger partial charge in [-0.3, -0.25) is 13.9 Å². The maximum absolute atomic E-state index is 13.7. The Hall–Kier alpha value is -3.72. The number of carbonyl (C=O) groups is 2. The third-order valence-electron chi connectivity index (χ3n) is 5.55. The van der Waals surface area contributed by atoms with Gasteiger partial charge in [0.05, 0.1) is 10.6 Å². The molecule has 9 heteroatoms. The van der Waals surface area contributed by atoms with Crippen molar-refractivity contribution >= 4 is 27.5 Å². The lowest BCUT2D eigenvalue weighted by Crippen LogP contribution is -2.51. The van der Waals surface area contributed by atoms with Crippen LogP contribution in [0, 0.1) is 5.82 Å². The van der Waals surface area contributed by atoms with Gasteiger partial charge in [-0.1, -0.05) is 55.5 Å². The van der Waals surface area contributed by atoms with E-state index in [9.17, 15) is 22.4 Å². The summed E-state index contributed by atoms with van der Waals surface area (Å²) in [5.74, 6) is -1.45. The smallest absolute Gasteiger partial charge is 0.264 e. The predicted molar refractivity (Wildman–Crippen MR) is 133 cm³/mol. The van der Waals surface area contributed by atoms with Crippen molar-refractivity contribution in [1.29, 1.82) is 0 Å². The molecule has 0 fully saturated rings. The van der Waals surface area contributed by atoms with E-state index in [-0.39, 0.29) is 23.0 Å². The molecule has 0 aromatic heterocycles. The first-order valence-corrected chi connectivity index (χ1v) is 12.6. The number of hydrogen-bond acceptors (Lipinski definition) is 4. The molecule has 0 aliphatic heterocycles. The summed E-state index contributed by atoms with van der Waals surface area (Å²) in [6, 6.07) is 20.9.